The summed E-state index contributed by atoms with van der Waals surface area (Å²) in [6.45, 7) is 0.337. The largest absolute Gasteiger partial charge is 0.477 e. The summed E-state index contributed by atoms with van der Waals surface area (Å²) in [7, 11) is -0.803. The van der Waals surface area contributed by atoms with Gasteiger partial charge in [-0.25, -0.2) is 13.2 Å². The summed E-state index contributed by atoms with van der Waals surface area (Å²) in [5.41, 5.74) is 0. The van der Waals surface area contributed by atoms with Gasteiger partial charge in [-0.2, -0.15) is 4.31 Å². The normalized spacial score (nSPS) is 23.6. The van der Waals surface area contributed by atoms with Crippen LogP contribution in [0.5, 0.6) is 0 Å². The molecule has 2 heterocycles. The Kier molecular flexibility index (Phi) is 5.06. The minimum atomic E-state index is -3.79. The molecule has 1 aliphatic heterocycles. The monoisotopic (exact) mass is 399 g/mol. The molecule has 0 spiro atoms. The van der Waals surface area contributed by atoms with Crippen molar-refractivity contribution in [1.82, 2.24) is 4.31 Å². The number of halogens is 1. The average Bonchev–Trinajstić information content (AvgIpc) is 3.02. The molecular formula is C11H14BrNO6S2. The lowest BCUT2D eigenvalue weighted by molar-refractivity contribution is -0.00461. The Morgan fingerprint density at radius 3 is 2.29 bits per heavy atom. The van der Waals surface area contributed by atoms with Crippen LogP contribution >= 0.6 is 27.3 Å². The molecule has 0 bridgehead atoms. The van der Waals surface area contributed by atoms with E-state index in [9.17, 15) is 13.2 Å². The topological polar surface area (TPSA) is 93.1 Å². The highest BCUT2D eigenvalue weighted by Gasteiger charge is 2.41. The van der Waals surface area contributed by atoms with Gasteiger partial charge in [0, 0.05) is 27.3 Å². The zero-order chi connectivity index (χ0) is 15.8. The number of thiophene rings is 1. The molecule has 21 heavy (non-hydrogen) atoms. The van der Waals surface area contributed by atoms with Gasteiger partial charge in [0.2, 0.25) is 10.0 Å². The van der Waals surface area contributed by atoms with E-state index >= 15 is 0 Å². The van der Waals surface area contributed by atoms with Gasteiger partial charge in [-0.1, -0.05) is 0 Å². The van der Waals surface area contributed by atoms with E-state index in [-0.39, 0.29) is 38.9 Å². The van der Waals surface area contributed by atoms with E-state index in [4.69, 9.17) is 14.6 Å². The van der Waals surface area contributed by atoms with Gasteiger partial charge in [0.15, 0.2) is 0 Å². The van der Waals surface area contributed by atoms with Crippen LogP contribution in [0.2, 0.25) is 0 Å². The second-order valence-corrected chi connectivity index (χ2v) is 8.70. The van der Waals surface area contributed by atoms with Crippen LogP contribution < -0.4 is 0 Å². The van der Waals surface area contributed by atoms with Gasteiger partial charge < -0.3 is 14.6 Å². The molecule has 2 unspecified atom stereocenters. The Morgan fingerprint density at radius 1 is 1.38 bits per heavy atom. The number of rotatable bonds is 5. The molecule has 1 aliphatic rings. The van der Waals surface area contributed by atoms with E-state index in [2.05, 4.69) is 15.9 Å². The van der Waals surface area contributed by atoms with Crippen LogP contribution in [-0.2, 0) is 19.5 Å². The first kappa shape index (κ1) is 16.8. The Hall–Kier alpha value is -0.520. The predicted octanol–water partition coefficient (Wildman–Crippen LogP) is 1.24. The van der Waals surface area contributed by atoms with Gasteiger partial charge in [0.1, 0.15) is 9.77 Å². The Morgan fingerprint density at radius 2 is 1.90 bits per heavy atom. The number of carbonyl (C=O) groups is 1. The molecule has 0 aromatic carbocycles. The second-order valence-electron chi connectivity index (χ2n) is 4.42. The van der Waals surface area contributed by atoms with Crippen LogP contribution in [0.3, 0.4) is 0 Å². The third-order valence-corrected chi connectivity index (χ3v) is 7.34. The third kappa shape index (κ3) is 3.15. The van der Waals surface area contributed by atoms with Crippen molar-refractivity contribution in [2.75, 3.05) is 27.3 Å². The number of carboxylic acid groups (broad SMARTS) is 1. The van der Waals surface area contributed by atoms with Crippen molar-refractivity contribution in [3.63, 3.8) is 0 Å². The van der Waals surface area contributed by atoms with Crippen molar-refractivity contribution < 1.29 is 27.8 Å². The molecule has 2 atom stereocenters. The van der Waals surface area contributed by atoms with Gasteiger partial charge in [-0.3, -0.25) is 0 Å². The van der Waals surface area contributed by atoms with Crippen molar-refractivity contribution in [3.8, 4) is 0 Å². The number of hydrogen-bond acceptors (Lipinski definition) is 6. The highest BCUT2D eigenvalue weighted by molar-refractivity contribution is 9.11. The highest BCUT2D eigenvalue weighted by Crippen LogP contribution is 2.35. The molecule has 0 amide bonds. The fourth-order valence-corrected chi connectivity index (χ4v) is 5.95. The van der Waals surface area contributed by atoms with E-state index in [1.807, 2.05) is 0 Å². The number of sulfonamides is 1. The second kappa shape index (κ2) is 6.31. The van der Waals surface area contributed by atoms with Crippen LogP contribution in [0.15, 0.2) is 14.7 Å². The molecule has 0 saturated carbocycles. The third-order valence-electron chi connectivity index (χ3n) is 3.27. The maximum atomic E-state index is 12.6. The highest BCUT2D eigenvalue weighted by atomic mass is 79.9. The lowest BCUT2D eigenvalue weighted by Crippen LogP contribution is -2.30. The van der Waals surface area contributed by atoms with Crippen LogP contribution in [0, 0.1) is 0 Å². The number of ether oxygens (including phenoxy) is 2. The predicted molar refractivity (Wildman–Crippen MR) is 79.3 cm³/mol. The van der Waals surface area contributed by atoms with Crippen molar-refractivity contribution in [1.29, 1.82) is 0 Å². The molecule has 1 saturated heterocycles. The number of nitrogens with zero attached hydrogens (tertiary/aromatic N) is 1. The number of carboxylic acids is 1. The fourth-order valence-electron chi connectivity index (χ4n) is 2.13. The van der Waals surface area contributed by atoms with Crippen LogP contribution in [0.1, 0.15) is 9.67 Å². The summed E-state index contributed by atoms with van der Waals surface area (Å²) in [4.78, 5) is 10.9. The minimum absolute atomic E-state index is 0.0359. The molecule has 118 valence electrons. The molecule has 0 aliphatic carbocycles. The molecule has 7 nitrogen and oxygen atoms in total. The summed E-state index contributed by atoms with van der Waals surface area (Å²) in [5, 5.41) is 8.96. The van der Waals surface area contributed by atoms with Gasteiger partial charge in [0.25, 0.3) is 0 Å². The summed E-state index contributed by atoms with van der Waals surface area (Å²) < 4.78 is 37.2. The molecule has 1 N–H and O–H groups in total. The molecule has 2 rings (SSSR count). The Balaban J connectivity index is 2.33. The van der Waals surface area contributed by atoms with Gasteiger partial charge in [-0.05, 0) is 22.0 Å². The summed E-state index contributed by atoms with van der Waals surface area (Å²) in [5.74, 6) is -1.16. The van der Waals surface area contributed by atoms with Crippen LogP contribution in [-0.4, -0.2) is 63.3 Å². The Bertz CT molecular complexity index is 631. The average molecular weight is 400 g/mol. The smallest absolute Gasteiger partial charge is 0.345 e. The van der Waals surface area contributed by atoms with E-state index in [0.29, 0.717) is 0 Å². The number of hydrogen-bond donors (Lipinski definition) is 1. The van der Waals surface area contributed by atoms with Crippen LogP contribution in [0.4, 0.5) is 0 Å². The number of aromatic carboxylic acids is 1. The molecule has 1 fully saturated rings. The first-order valence-corrected chi connectivity index (χ1v) is 8.94. The van der Waals surface area contributed by atoms with Crippen molar-refractivity contribution in [2.24, 2.45) is 0 Å². The van der Waals surface area contributed by atoms with Gasteiger partial charge in [0.05, 0.1) is 16.0 Å². The Labute approximate surface area is 134 Å². The maximum Gasteiger partial charge on any atom is 0.345 e. The van der Waals surface area contributed by atoms with Crippen molar-refractivity contribution in [3.05, 3.63) is 14.7 Å². The molecule has 1 aromatic heterocycles. The maximum absolute atomic E-state index is 12.6. The molecular weight excluding hydrogens is 386 g/mol. The van der Waals surface area contributed by atoms with E-state index in [1.165, 1.54) is 18.5 Å². The van der Waals surface area contributed by atoms with Gasteiger partial charge in [-0.15, -0.1) is 11.3 Å². The molecule has 10 heteroatoms. The zero-order valence-corrected chi connectivity index (χ0v) is 14.5. The SMILES string of the molecule is COC1CN(S(=O)(=O)c2cc(C(=O)O)sc2Br)CC1OC. The molecule has 1 aromatic rings. The minimum Gasteiger partial charge on any atom is -0.477 e. The first-order valence-electron chi connectivity index (χ1n) is 5.89. The quantitative estimate of drug-likeness (QED) is 0.800. The summed E-state index contributed by atoms with van der Waals surface area (Å²) >= 11 is 3.99. The summed E-state index contributed by atoms with van der Waals surface area (Å²) in [6, 6.07) is 1.16. The number of methoxy groups -OCH3 is 2. The van der Waals surface area contributed by atoms with E-state index in [0.717, 1.165) is 17.4 Å². The fraction of sp³-hybridized carbons (Fsp3) is 0.545. The summed E-state index contributed by atoms with van der Waals surface area (Å²) in [6.07, 6.45) is -0.692. The van der Waals surface area contributed by atoms with E-state index in [1.54, 1.807) is 0 Å². The van der Waals surface area contributed by atoms with Crippen LogP contribution in [0.25, 0.3) is 0 Å². The van der Waals surface area contributed by atoms with Gasteiger partial charge >= 0.3 is 5.97 Å². The zero-order valence-electron chi connectivity index (χ0n) is 11.3. The standard InChI is InChI=1S/C11H14BrNO6S2/c1-18-6-4-13(5-7(6)19-2)21(16,17)9-3-8(11(14)15)20-10(9)12/h3,6-7H,4-5H2,1-2H3,(H,14,15). The first-order chi connectivity index (χ1) is 9.81. The van der Waals surface area contributed by atoms with E-state index < -0.39 is 16.0 Å². The lowest BCUT2D eigenvalue weighted by atomic mass is 10.3. The molecule has 0 radical (unpaired) electrons. The van der Waals surface area contributed by atoms with Crippen molar-refractivity contribution >= 4 is 43.3 Å². The van der Waals surface area contributed by atoms with Crippen molar-refractivity contribution in [2.45, 2.75) is 17.1 Å². The lowest BCUT2D eigenvalue weighted by Gasteiger charge is -2.15.